The summed E-state index contributed by atoms with van der Waals surface area (Å²) in [6.07, 6.45) is 8.49. The van der Waals surface area contributed by atoms with Gasteiger partial charge >= 0.3 is 0 Å². The van der Waals surface area contributed by atoms with E-state index in [1.807, 2.05) is 12.3 Å². The first-order valence-electron chi connectivity index (χ1n) is 12.3. The Morgan fingerprint density at radius 1 is 1.17 bits per heavy atom. The zero-order chi connectivity index (χ0) is 23.9. The van der Waals surface area contributed by atoms with Crippen LogP contribution in [0.25, 0.3) is 11.0 Å². The van der Waals surface area contributed by atoms with Crippen molar-refractivity contribution in [2.75, 3.05) is 32.2 Å². The lowest BCUT2D eigenvalue weighted by atomic mass is 9.69. The highest BCUT2D eigenvalue weighted by Crippen LogP contribution is 2.46. The summed E-state index contributed by atoms with van der Waals surface area (Å²) in [5.74, 6) is 1.77. The Morgan fingerprint density at radius 2 is 2.06 bits per heavy atom. The van der Waals surface area contributed by atoms with E-state index in [2.05, 4.69) is 31.7 Å². The van der Waals surface area contributed by atoms with Crippen LogP contribution in [0.4, 0.5) is 10.2 Å². The molecule has 0 radical (unpaired) electrons. The van der Waals surface area contributed by atoms with Gasteiger partial charge in [-0.2, -0.15) is 0 Å². The number of nitrogens with zero attached hydrogens (tertiary/aromatic N) is 3. The number of rotatable bonds is 7. The van der Waals surface area contributed by atoms with Crippen LogP contribution >= 0.6 is 0 Å². The molecule has 0 amide bonds. The molecule has 1 aliphatic carbocycles. The van der Waals surface area contributed by atoms with Gasteiger partial charge in [-0.15, -0.1) is 0 Å². The molecule has 3 aromatic heterocycles. The Bertz CT molecular complexity index is 1230. The molecule has 9 heteroatoms. The SMILES string of the molecule is COc1ccc2ncc(F)c(CCC34CCC(NCc5cnc6c(c5)OCCN6)(CC3)CO4)c2n1. The Balaban J connectivity index is 1.10. The maximum atomic E-state index is 14.8. The number of hydrogen-bond donors (Lipinski definition) is 2. The highest BCUT2D eigenvalue weighted by molar-refractivity contribution is 5.78. The molecule has 4 aliphatic rings. The monoisotopic (exact) mass is 479 g/mol. The van der Waals surface area contributed by atoms with Crippen molar-refractivity contribution in [3.05, 3.63) is 47.5 Å². The third kappa shape index (κ3) is 4.27. The minimum absolute atomic E-state index is 0.0275. The van der Waals surface area contributed by atoms with Crippen LogP contribution in [0.3, 0.4) is 0 Å². The summed E-state index contributed by atoms with van der Waals surface area (Å²) in [5.41, 5.74) is 2.70. The minimum Gasteiger partial charge on any atom is -0.488 e. The Morgan fingerprint density at radius 3 is 2.86 bits per heavy atom. The fourth-order valence-electron chi connectivity index (χ4n) is 5.54. The van der Waals surface area contributed by atoms with Gasteiger partial charge in [0.15, 0.2) is 11.6 Å². The number of aromatic nitrogens is 3. The predicted molar refractivity (Wildman–Crippen MR) is 129 cm³/mol. The van der Waals surface area contributed by atoms with E-state index in [1.165, 1.54) is 6.20 Å². The molecule has 3 aliphatic heterocycles. The number of pyridine rings is 3. The number of aryl methyl sites for hydroxylation is 1. The highest BCUT2D eigenvalue weighted by atomic mass is 19.1. The van der Waals surface area contributed by atoms with Gasteiger partial charge in [0.25, 0.3) is 0 Å². The topological polar surface area (TPSA) is 90.4 Å². The number of nitrogens with one attached hydrogen (secondary N) is 2. The van der Waals surface area contributed by atoms with Crippen LogP contribution in [0.5, 0.6) is 11.6 Å². The fourth-order valence-corrected chi connectivity index (χ4v) is 5.54. The second-order valence-electron chi connectivity index (χ2n) is 9.88. The number of methoxy groups -OCH3 is 1. The van der Waals surface area contributed by atoms with Gasteiger partial charge in [0.2, 0.25) is 5.88 Å². The molecule has 35 heavy (non-hydrogen) atoms. The molecule has 0 atom stereocenters. The third-order valence-corrected chi connectivity index (χ3v) is 7.78. The molecular weight excluding hydrogens is 449 g/mol. The summed E-state index contributed by atoms with van der Waals surface area (Å²) < 4.78 is 32.2. The fraction of sp³-hybridized carbons (Fsp3) is 0.500. The van der Waals surface area contributed by atoms with E-state index in [4.69, 9.17) is 14.2 Å². The first kappa shape index (κ1) is 22.4. The highest BCUT2D eigenvalue weighted by Gasteiger charge is 2.49. The zero-order valence-electron chi connectivity index (χ0n) is 19.9. The van der Waals surface area contributed by atoms with Crippen LogP contribution in [-0.2, 0) is 17.7 Å². The van der Waals surface area contributed by atoms with Crippen LogP contribution in [0.2, 0.25) is 0 Å². The van der Waals surface area contributed by atoms with Gasteiger partial charge < -0.3 is 24.8 Å². The summed E-state index contributed by atoms with van der Waals surface area (Å²) in [7, 11) is 1.56. The first-order valence-corrected chi connectivity index (χ1v) is 12.3. The molecular formula is C26H30FN5O3. The van der Waals surface area contributed by atoms with Gasteiger partial charge in [0, 0.05) is 29.9 Å². The van der Waals surface area contributed by atoms with Gasteiger partial charge in [-0.05, 0) is 56.2 Å². The molecule has 3 fully saturated rings. The lowest BCUT2D eigenvalue weighted by Gasteiger charge is -2.53. The maximum absolute atomic E-state index is 14.8. The lowest BCUT2D eigenvalue weighted by molar-refractivity contribution is -0.165. The molecule has 2 saturated heterocycles. The van der Waals surface area contributed by atoms with Gasteiger partial charge in [-0.3, -0.25) is 4.98 Å². The van der Waals surface area contributed by atoms with Gasteiger partial charge in [0.05, 0.1) is 43.1 Å². The minimum atomic E-state index is -0.324. The number of fused-ring (bicyclic) bond motifs is 5. The zero-order valence-corrected chi connectivity index (χ0v) is 19.9. The molecule has 6 heterocycles. The van der Waals surface area contributed by atoms with Crippen molar-refractivity contribution >= 4 is 16.9 Å². The van der Waals surface area contributed by atoms with Crippen molar-refractivity contribution in [3.8, 4) is 11.6 Å². The smallest absolute Gasteiger partial charge is 0.213 e. The van der Waals surface area contributed by atoms with E-state index in [-0.39, 0.29) is 17.0 Å². The second kappa shape index (κ2) is 8.87. The molecule has 3 aromatic rings. The second-order valence-corrected chi connectivity index (χ2v) is 9.88. The lowest BCUT2D eigenvalue weighted by Crippen LogP contribution is -2.61. The van der Waals surface area contributed by atoms with Crippen molar-refractivity contribution in [1.29, 1.82) is 0 Å². The average Bonchev–Trinajstić information content (AvgIpc) is 2.92. The molecule has 0 spiro atoms. The van der Waals surface area contributed by atoms with Crippen molar-refractivity contribution in [2.45, 2.75) is 56.2 Å². The van der Waals surface area contributed by atoms with Crippen LogP contribution in [0, 0.1) is 5.82 Å². The summed E-state index contributed by atoms with van der Waals surface area (Å²) in [4.78, 5) is 13.2. The molecule has 1 saturated carbocycles. The van der Waals surface area contributed by atoms with Crippen molar-refractivity contribution in [2.24, 2.45) is 0 Å². The van der Waals surface area contributed by atoms with Gasteiger partial charge in [-0.25, -0.2) is 14.4 Å². The van der Waals surface area contributed by atoms with E-state index in [0.717, 1.165) is 62.3 Å². The normalized spacial score (nSPS) is 25.1. The molecule has 2 bridgehead atoms. The molecule has 7 rings (SSSR count). The predicted octanol–water partition coefficient (Wildman–Crippen LogP) is 3.78. The van der Waals surface area contributed by atoms with Gasteiger partial charge in [-0.1, -0.05) is 0 Å². The van der Waals surface area contributed by atoms with Crippen molar-refractivity contribution in [3.63, 3.8) is 0 Å². The Kier molecular flexibility index (Phi) is 5.69. The number of hydrogen-bond acceptors (Lipinski definition) is 8. The van der Waals surface area contributed by atoms with Crippen molar-refractivity contribution < 1.29 is 18.6 Å². The van der Waals surface area contributed by atoms with E-state index >= 15 is 0 Å². The van der Waals surface area contributed by atoms with E-state index in [0.29, 0.717) is 42.1 Å². The largest absolute Gasteiger partial charge is 0.488 e. The standard InChI is InChI=1S/C26H30FN5O3/c1-33-22-3-2-20-23(32-22)18(19(27)15-29-20)4-5-26-8-6-25(7-9-26,16-35-26)31-14-17-12-21-24(30-13-17)28-10-11-34-21/h2-3,12-13,15,31H,4-11,14,16H2,1H3,(H,28,30). The quantitative estimate of drug-likeness (QED) is 0.529. The molecule has 8 nitrogen and oxygen atoms in total. The Hall–Kier alpha value is -3.04. The van der Waals surface area contributed by atoms with Crippen molar-refractivity contribution in [1.82, 2.24) is 20.3 Å². The maximum Gasteiger partial charge on any atom is 0.213 e. The van der Waals surface area contributed by atoms with E-state index in [1.54, 1.807) is 13.2 Å². The summed E-state index contributed by atoms with van der Waals surface area (Å²) in [6, 6.07) is 5.63. The molecule has 0 aromatic carbocycles. The average molecular weight is 480 g/mol. The molecule has 0 unspecified atom stereocenters. The third-order valence-electron chi connectivity index (χ3n) is 7.78. The summed E-state index contributed by atoms with van der Waals surface area (Å²) in [5, 5.41) is 7.00. The summed E-state index contributed by atoms with van der Waals surface area (Å²) >= 11 is 0. The first-order chi connectivity index (χ1) is 17.1. The van der Waals surface area contributed by atoms with Crippen LogP contribution in [-0.4, -0.2) is 53.0 Å². The number of halogens is 1. The van der Waals surface area contributed by atoms with E-state index in [9.17, 15) is 4.39 Å². The van der Waals surface area contributed by atoms with Crippen LogP contribution in [0.15, 0.2) is 30.6 Å². The summed E-state index contributed by atoms with van der Waals surface area (Å²) in [6.45, 7) is 2.83. The Labute approximate surface area is 203 Å². The van der Waals surface area contributed by atoms with Crippen LogP contribution < -0.4 is 20.1 Å². The van der Waals surface area contributed by atoms with E-state index < -0.39 is 0 Å². The number of ether oxygens (including phenoxy) is 3. The number of anilines is 1. The van der Waals surface area contributed by atoms with Crippen LogP contribution in [0.1, 0.15) is 43.2 Å². The van der Waals surface area contributed by atoms with Gasteiger partial charge in [0.1, 0.15) is 12.4 Å². The molecule has 184 valence electrons. The molecule has 2 N–H and O–H groups in total.